The van der Waals surface area contributed by atoms with Crippen molar-refractivity contribution in [2.24, 2.45) is 0 Å². The minimum atomic E-state index is -4.88. The summed E-state index contributed by atoms with van der Waals surface area (Å²) in [6.45, 7) is 3.09. The second kappa shape index (κ2) is 8.74. The number of hydrogen-bond donors (Lipinski definition) is 1. The number of fused-ring (bicyclic) bond motifs is 1. The molecule has 0 aliphatic rings. The summed E-state index contributed by atoms with van der Waals surface area (Å²) in [6.07, 6.45) is -1.70. The lowest BCUT2D eigenvalue weighted by atomic mass is 9.96. The van der Waals surface area contributed by atoms with E-state index in [4.69, 9.17) is 0 Å². The van der Waals surface area contributed by atoms with Crippen LogP contribution in [0.15, 0.2) is 71.8 Å². The summed E-state index contributed by atoms with van der Waals surface area (Å²) in [5, 5.41) is 3.38. The van der Waals surface area contributed by atoms with Gasteiger partial charge in [0.2, 0.25) is 5.91 Å². The van der Waals surface area contributed by atoms with Crippen molar-refractivity contribution >= 4 is 22.4 Å². The number of nitrogens with one attached hydrogen (secondary N) is 1. The molecule has 4 rings (SSSR count). The van der Waals surface area contributed by atoms with Crippen molar-refractivity contribution < 1.29 is 22.4 Å². The zero-order valence-corrected chi connectivity index (χ0v) is 18.2. The summed E-state index contributed by atoms with van der Waals surface area (Å²) in [7, 11) is 0. The molecule has 1 amide bonds. The summed E-state index contributed by atoms with van der Waals surface area (Å²) in [5.74, 6) is -3.40. The van der Waals surface area contributed by atoms with Crippen LogP contribution < -0.4 is 10.9 Å². The maximum absolute atomic E-state index is 14.5. The van der Waals surface area contributed by atoms with E-state index in [1.54, 1.807) is 55.7 Å². The molecule has 2 heterocycles. The van der Waals surface area contributed by atoms with Crippen LogP contribution in [-0.2, 0) is 11.0 Å². The summed E-state index contributed by atoms with van der Waals surface area (Å²) in [5.41, 5.74) is -0.582. The van der Waals surface area contributed by atoms with Crippen LogP contribution in [0.3, 0.4) is 0 Å². The quantitative estimate of drug-likeness (QED) is 0.396. The maximum atomic E-state index is 14.5. The SMILES string of the molecule is Cc1ncccc1-n1ccc2c(NC(=O)C(C)c3cccc(C(F)(F)F)c3F)cccc2c1=O. The zero-order chi connectivity index (χ0) is 24.6. The lowest BCUT2D eigenvalue weighted by Gasteiger charge is -2.17. The van der Waals surface area contributed by atoms with E-state index in [0.717, 1.165) is 12.1 Å². The number of benzene rings is 2. The van der Waals surface area contributed by atoms with Crippen LogP contribution in [0.5, 0.6) is 0 Å². The highest BCUT2D eigenvalue weighted by molar-refractivity contribution is 6.04. The average Bonchev–Trinajstić information content (AvgIpc) is 2.79. The Balaban J connectivity index is 1.69. The Labute approximate surface area is 191 Å². The molecule has 0 fully saturated rings. The Hall–Kier alpha value is -4.01. The number of alkyl halides is 3. The van der Waals surface area contributed by atoms with E-state index in [9.17, 15) is 27.2 Å². The van der Waals surface area contributed by atoms with Gasteiger partial charge >= 0.3 is 6.18 Å². The minimum absolute atomic E-state index is 0.286. The van der Waals surface area contributed by atoms with E-state index in [-0.39, 0.29) is 16.8 Å². The topological polar surface area (TPSA) is 64.0 Å². The van der Waals surface area contributed by atoms with Gasteiger partial charge in [-0.15, -0.1) is 0 Å². The summed E-state index contributed by atoms with van der Waals surface area (Å²) >= 11 is 0. The van der Waals surface area contributed by atoms with Gasteiger partial charge in [0.05, 0.1) is 22.9 Å². The molecule has 0 aliphatic heterocycles. The van der Waals surface area contributed by atoms with Crippen LogP contribution in [0.4, 0.5) is 23.2 Å². The van der Waals surface area contributed by atoms with Crippen LogP contribution in [0, 0.1) is 12.7 Å². The highest BCUT2D eigenvalue weighted by Crippen LogP contribution is 2.34. The lowest BCUT2D eigenvalue weighted by Crippen LogP contribution is -2.22. The number of pyridine rings is 2. The van der Waals surface area contributed by atoms with Crippen LogP contribution in [0.1, 0.15) is 29.7 Å². The predicted molar refractivity (Wildman–Crippen MR) is 121 cm³/mol. The van der Waals surface area contributed by atoms with Gasteiger partial charge in [0.25, 0.3) is 5.56 Å². The Morgan fingerprint density at radius 1 is 1.03 bits per heavy atom. The maximum Gasteiger partial charge on any atom is 0.419 e. The molecule has 2 aromatic carbocycles. The van der Waals surface area contributed by atoms with Crippen molar-refractivity contribution in [3.8, 4) is 5.69 Å². The molecule has 0 spiro atoms. The van der Waals surface area contributed by atoms with Gasteiger partial charge in [-0.3, -0.25) is 19.1 Å². The fourth-order valence-corrected chi connectivity index (χ4v) is 3.79. The van der Waals surface area contributed by atoms with Crippen molar-refractivity contribution in [3.63, 3.8) is 0 Å². The number of hydrogen-bond acceptors (Lipinski definition) is 3. The van der Waals surface area contributed by atoms with Gasteiger partial charge in [0, 0.05) is 34.4 Å². The monoisotopic (exact) mass is 469 g/mol. The second-order valence-corrected chi connectivity index (χ2v) is 7.78. The number of aromatic nitrogens is 2. The molecular weight excluding hydrogens is 450 g/mol. The van der Waals surface area contributed by atoms with Gasteiger partial charge in [-0.1, -0.05) is 18.2 Å². The van der Waals surface area contributed by atoms with E-state index in [1.165, 1.54) is 11.5 Å². The van der Waals surface area contributed by atoms with Gasteiger partial charge < -0.3 is 5.32 Å². The van der Waals surface area contributed by atoms with E-state index in [2.05, 4.69) is 10.3 Å². The molecule has 1 N–H and O–H groups in total. The molecule has 34 heavy (non-hydrogen) atoms. The number of rotatable bonds is 4. The molecule has 2 aromatic heterocycles. The number of anilines is 1. The molecule has 5 nitrogen and oxygen atoms in total. The van der Waals surface area contributed by atoms with Gasteiger partial charge in [-0.05, 0) is 50.2 Å². The fraction of sp³-hybridized carbons (Fsp3) is 0.160. The smallest absolute Gasteiger partial charge is 0.325 e. The molecule has 0 radical (unpaired) electrons. The second-order valence-electron chi connectivity index (χ2n) is 7.78. The molecule has 9 heteroatoms. The summed E-state index contributed by atoms with van der Waals surface area (Å²) in [6, 6.07) is 12.7. The molecule has 0 bridgehead atoms. The fourth-order valence-electron chi connectivity index (χ4n) is 3.79. The van der Waals surface area contributed by atoms with Crippen molar-refractivity contribution in [2.75, 3.05) is 5.32 Å². The number of nitrogens with zero attached hydrogens (tertiary/aromatic N) is 2. The first kappa shape index (κ1) is 23.2. The van der Waals surface area contributed by atoms with Gasteiger partial charge in [0.1, 0.15) is 5.82 Å². The van der Waals surface area contributed by atoms with Crippen LogP contribution >= 0.6 is 0 Å². The predicted octanol–water partition coefficient (Wildman–Crippen LogP) is 5.59. The number of amides is 1. The number of carbonyl (C=O) groups excluding carboxylic acids is 1. The molecule has 0 saturated heterocycles. The zero-order valence-electron chi connectivity index (χ0n) is 18.2. The summed E-state index contributed by atoms with van der Waals surface area (Å²) in [4.78, 5) is 30.1. The van der Waals surface area contributed by atoms with Crippen molar-refractivity contribution in [1.29, 1.82) is 0 Å². The van der Waals surface area contributed by atoms with Crippen molar-refractivity contribution in [1.82, 2.24) is 9.55 Å². The van der Waals surface area contributed by atoms with Crippen molar-refractivity contribution in [3.05, 3.63) is 100.0 Å². The minimum Gasteiger partial charge on any atom is -0.325 e. The normalized spacial score (nSPS) is 12.5. The lowest BCUT2D eigenvalue weighted by molar-refractivity contribution is -0.140. The molecule has 1 unspecified atom stereocenters. The first-order chi connectivity index (χ1) is 16.1. The Morgan fingerprint density at radius 3 is 2.47 bits per heavy atom. The molecular formula is C25H19F4N3O2. The molecule has 0 saturated carbocycles. The molecule has 0 aliphatic carbocycles. The highest BCUT2D eigenvalue weighted by atomic mass is 19.4. The van der Waals surface area contributed by atoms with Crippen LogP contribution in [0.25, 0.3) is 16.5 Å². The molecule has 174 valence electrons. The van der Waals surface area contributed by atoms with E-state index in [1.807, 2.05) is 0 Å². The van der Waals surface area contributed by atoms with Crippen molar-refractivity contribution in [2.45, 2.75) is 25.9 Å². The number of aryl methyl sites for hydroxylation is 1. The standard InChI is InChI=1S/C25H19F4N3O2/c1-14(16-6-3-8-19(22(16)26)25(27,28)29)23(33)31-20-9-4-7-18-17(20)11-13-32(24(18)34)21-10-5-12-30-15(21)2/h3-14H,1-2H3,(H,31,33). The third-order valence-electron chi connectivity index (χ3n) is 5.64. The first-order valence-corrected chi connectivity index (χ1v) is 10.3. The number of halogens is 4. The Bertz CT molecular complexity index is 1460. The molecule has 4 aromatic rings. The first-order valence-electron chi connectivity index (χ1n) is 10.3. The molecule has 1 atom stereocenters. The van der Waals surface area contributed by atoms with Gasteiger partial charge in [0.15, 0.2) is 0 Å². The third-order valence-corrected chi connectivity index (χ3v) is 5.64. The Morgan fingerprint density at radius 2 is 1.76 bits per heavy atom. The highest BCUT2D eigenvalue weighted by Gasteiger charge is 2.36. The van der Waals surface area contributed by atoms with Gasteiger partial charge in [-0.25, -0.2) is 4.39 Å². The third kappa shape index (κ3) is 4.16. The largest absolute Gasteiger partial charge is 0.419 e. The van der Waals surface area contributed by atoms with Gasteiger partial charge in [-0.2, -0.15) is 13.2 Å². The number of carbonyl (C=O) groups is 1. The van der Waals surface area contributed by atoms with E-state index >= 15 is 0 Å². The van der Waals surface area contributed by atoms with Crippen LogP contribution in [0.2, 0.25) is 0 Å². The average molecular weight is 469 g/mol. The van der Waals surface area contributed by atoms with E-state index < -0.39 is 29.4 Å². The van der Waals surface area contributed by atoms with Crippen LogP contribution in [-0.4, -0.2) is 15.5 Å². The summed E-state index contributed by atoms with van der Waals surface area (Å²) < 4.78 is 55.1. The Kier molecular flexibility index (Phi) is 5.95. The van der Waals surface area contributed by atoms with E-state index in [0.29, 0.717) is 28.2 Å².